The number of nitrogens with two attached hydrogens (primary N) is 1. The predicted octanol–water partition coefficient (Wildman–Crippen LogP) is 3.59. The van der Waals surface area contributed by atoms with E-state index < -0.39 is 0 Å². The first kappa shape index (κ1) is 22.1. The second-order valence-corrected chi connectivity index (χ2v) is 9.65. The Balaban J connectivity index is 1.71. The molecular weight excluding hydrogens is 424 g/mol. The second kappa shape index (κ2) is 9.17. The number of ether oxygens (including phenoxy) is 1. The molecule has 0 aliphatic heterocycles. The lowest BCUT2D eigenvalue weighted by molar-refractivity contribution is 0.375. The third-order valence-electron chi connectivity index (χ3n) is 4.86. The first-order valence-electron chi connectivity index (χ1n) is 10.4. The van der Waals surface area contributed by atoms with Crippen LogP contribution in [0.3, 0.4) is 0 Å². The van der Waals surface area contributed by atoms with Gasteiger partial charge in [0.2, 0.25) is 0 Å². The number of nitrogen functional groups attached to an aromatic ring is 1. The topological polar surface area (TPSA) is 120 Å². The number of nitrogens with one attached hydrogen (secondary N) is 2. The molecule has 0 amide bonds. The van der Waals surface area contributed by atoms with Crippen LogP contribution in [0.25, 0.3) is 22.4 Å². The van der Waals surface area contributed by atoms with Gasteiger partial charge in [0.1, 0.15) is 12.1 Å². The minimum absolute atomic E-state index is 0.209. The zero-order valence-corrected chi connectivity index (χ0v) is 19.5. The summed E-state index contributed by atoms with van der Waals surface area (Å²) in [5, 5.41) is 11.5. The number of aromatic nitrogens is 6. The molecule has 0 bridgehead atoms. The lowest BCUT2D eigenvalue weighted by atomic mass is 9.97. The first-order chi connectivity index (χ1) is 15.4. The van der Waals surface area contributed by atoms with Gasteiger partial charge in [0.15, 0.2) is 22.1 Å². The Morgan fingerprint density at radius 1 is 1.22 bits per heavy atom. The van der Waals surface area contributed by atoms with Crippen LogP contribution < -0.4 is 15.8 Å². The third-order valence-corrected chi connectivity index (χ3v) is 5.91. The summed E-state index contributed by atoms with van der Waals surface area (Å²) < 4.78 is 7.55. The van der Waals surface area contributed by atoms with E-state index in [1.54, 1.807) is 13.3 Å². The Morgan fingerprint density at radius 3 is 2.78 bits per heavy atom. The van der Waals surface area contributed by atoms with Gasteiger partial charge in [0, 0.05) is 36.3 Å². The van der Waals surface area contributed by atoms with E-state index in [0.717, 1.165) is 45.8 Å². The lowest BCUT2D eigenvalue weighted by Gasteiger charge is -2.19. The third kappa shape index (κ3) is 4.86. The molecule has 0 spiro atoms. The van der Waals surface area contributed by atoms with Gasteiger partial charge < -0.3 is 20.4 Å². The number of imidazole rings is 1. The minimum atomic E-state index is 0.209. The fourth-order valence-electron chi connectivity index (χ4n) is 3.30. The smallest absolute Gasteiger partial charge is 0.175 e. The van der Waals surface area contributed by atoms with Crippen molar-refractivity contribution in [3.8, 4) is 17.0 Å². The van der Waals surface area contributed by atoms with Gasteiger partial charge in [-0.15, -0.1) is 0 Å². The maximum atomic E-state index is 6.11. The van der Waals surface area contributed by atoms with Gasteiger partial charge in [-0.25, -0.2) is 15.0 Å². The molecule has 4 N–H and O–H groups in total. The summed E-state index contributed by atoms with van der Waals surface area (Å²) in [4.78, 5) is 14.3. The van der Waals surface area contributed by atoms with Crippen molar-refractivity contribution < 1.29 is 4.74 Å². The lowest BCUT2D eigenvalue weighted by Crippen LogP contribution is -2.29. The molecule has 0 radical (unpaired) electrons. The largest absolute Gasteiger partial charge is 0.497 e. The van der Waals surface area contributed by atoms with Gasteiger partial charge >= 0.3 is 0 Å². The molecule has 32 heavy (non-hydrogen) atoms. The molecule has 3 heterocycles. The standard InChI is InChI=1S/C22H28N8OS/c1-22(2,3)12-24-9-10-30-20-18(19(23)25-13-26-20)28-21(30)32-17-11-14(31-4)5-6-15(17)16-7-8-27-29-16/h5-8,11,13,24H,9-10,12H2,1-4H3,(H,27,29)(H2,23,25,26). The quantitative estimate of drug-likeness (QED) is 0.347. The molecule has 4 rings (SSSR count). The molecule has 0 unspecified atom stereocenters. The summed E-state index contributed by atoms with van der Waals surface area (Å²) in [6, 6.07) is 7.86. The van der Waals surface area contributed by atoms with E-state index >= 15 is 0 Å². The second-order valence-electron chi connectivity index (χ2n) is 8.64. The highest BCUT2D eigenvalue weighted by Crippen LogP contribution is 2.38. The molecule has 0 saturated carbocycles. The van der Waals surface area contributed by atoms with Crippen molar-refractivity contribution in [3.63, 3.8) is 0 Å². The summed E-state index contributed by atoms with van der Waals surface area (Å²) in [6.45, 7) is 9.03. The average Bonchev–Trinajstić information content (AvgIpc) is 3.40. The molecule has 0 saturated heterocycles. The maximum absolute atomic E-state index is 6.11. The highest BCUT2D eigenvalue weighted by Gasteiger charge is 2.19. The Hall–Kier alpha value is -3.11. The van der Waals surface area contributed by atoms with Gasteiger partial charge in [-0.05, 0) is 29.7 Å². The summed E-state index contributed by atoms with van der Waals surface area (Å²) in [5.41, 5.74) is 9.49. The number of aromatic amines is 1. The van der Waals surface area contributed by atoms with Crippen molar-refractivity contribution in [1.82, 2.24) is 35.0 Å². The van der Waals surface area contributed by atoms with E-state index in [9.17, 15) is 0 Å². The van der Waals surface area contributed by atoms with Crippen LogP contribution in [0.5, 0.6) is 5.75 Å². The molecule has 0 aliphatic carbocycles. The summed E-state index contributed by atoms with van der Waals surface area (Å²) >= 11 is 1.53. The number of anilines is 1. The molecule has 168 valence electrons. The average molecular weight is 453 g/mol. The zero-order valence-electron chi connectivity index (χ0n) is 18.7. The Kier molecular flexibility index (Phi) is 6.33. The molecule has 10 heteroatoms. The van der Waals surface area contributed by atoms with Crippen LogP contribution in [-0.4, -0.2) is 49.9 Å². The van der Waals surface area contributed by atoms with Crippen molar-refractivity contribution in [2.75, 3.05) is 25.9 Å². The van der Waals surface area contributed by atoms with Crippen LogP contribution >= 0.6 is 11.8 Å². The molecular formula is C22H28N8OS. The maximum Gasteiger partial charge on any atom is 0.175 e. The van der Waals surface area contributed by atoms with Gasteiger partial charge in [-0.2, -0.15) is 5.10 Å². The van der Waals surface area contributed by atoms with Crippen LogP contribution in [0.1, 0.15) is 20.8 Å². The molecule has 1 aromatic carbocycles. The van der Waals surface area contributed by atoms with Crippen molar-refractivity contribution in [2.45, 2.75) is 37.4 Å². The molecule has 3 aromatic heterocycles. The van der Waals surface area contributed by atoms with Crippen molar-refractivity contribution in [1.29, 1.82) is 0 Å². The van der Waals surface area contributed by atoms with Gasteiger partial charge in [-0.3, -0.25) is 5.10 Å². The highest BCUT2D eigenvalue weighted by atomic mass is 32.2. The van der Waals surface area contributed by atoms with E-state index in [-0.39, 0.29) is 5.41 Å². The fraction of sp³-hybridized carbons (Fsp3) is 0.364. The van der Waals surface area contributed by atoms with Crippen LogP contribution in [0.2, 0.25) is 0 Å². The SMILES string of the molecule is COc1ccc(-c2cc[nH]n2)c(Sc2nc3c(N)ncnc3n2CCNCC(C)(C)C)c1. The van der Waals surface area contributed by atoms with Crippen LogP contribution in [0, 0.1) is 5.41 Å². The summed E-state index contributed by atoms with van der Waals surface area (Å²) in [7, 11) is 1.66. The van der Waals surface area contributed by atoms with Crippen LogP contribution in [0.4, 0.5) is 5.82 Å². The van der Waals surface area contributed by atoms with Crippen molar-refractivity contribution in [2.24, 2.45) is 5.41 Å². The van der Waals surface area contributed by atoms with Gasteiger partial charge in [0.05, 0.1) is 12.8 Å². The summed E-state index contributed by atoms with van der Waals surface area (Å²) in [5.74, 6) is 1.14. The number of H-pyrrole nitrogens is 1. The number of nitrogens with zero attached hydrogens (tertiary/aromatic N) is 5. The number of hydrogen-bond donors (Lipinski definition) is 3. The number of hydrogen-bond acceptors (Lipinski definition) is 8. The Morgan fingerprint density at radius 2 is 2.06 bits per heavy atom. The number of methoxy groups -OCH3 is 1. The van der Waals surface area contributed by atoms with Gasteiger partial charge in [0.25, 0.3) is 0 Å². The Labute approximate surface area is 191 Å². The Bertz CT molecular complexity index is 1200. The van der Waals surface area contributed by atoms with Crippen molar-refractivity contribution in [3.05, 3.63) is 36.8 Å². The molecule has 9 nitrogen and oxygen atoms in total. The number of benzene rings is 1. The molecule has 0 atom stereocenters. The number of rotatable bonds is 8. The number of fused-ring (bicyclic) bond motifs is 1. The molecule has 4 aromatic rings. The predicted molar refractivity (Wildman–Crippen MR) is 127 cm³/mol. The minimum Gasteiger partial charge on any atom is -0.497 e. The van der Waals surface area contributed by atoms with Crippen LogP contribution in [-0.2, 0) is 6.54 Å². The van der Waals surface area contributed by atoms with E-state index in [1.165, 1.54) is 18.1 Å². The van der Waals surface area contributed by atoms with E-state index in [0.29, 0.717) is 17.9 Å². The van der Waals surface area contributed by atoms with E-state index in [4.69, 9.17) is 15.5 Å². The fourth-order valence-corrected chi connectivity index (χ4v) is 4.38. The van der Waals surface area contributed by atoms with Crippen molar-refractivity contribution >= 4 is 28.7 Å². The van der Waals surface area contributed by atoms with E-state index in [1.807, 2.05) is 24.3 Å². The molecule has 0 aliphatic rings. The van der Waals surface area contributed by atoms with Crippen LogP contribution in [0.15, 0.2) is 46.8 Å². The molecule has 0 fully saturated rings. The highest BCUT2D eigenvalue weighted by molar-refractivity contribution is 7.99. The normalized spacial score (nSPS) is 11.9. The monoisotopic (exact) mass is 452 g/mol. The zero-order chi connectivity index (χ0) is 22.7. The van der Waals surface area contributed by atoms with E-state index in [2.05, 4.69) is 50.8 Å². The summed E-state index contributed by atoms with van der Waals surface area (Å²) in [6.07, 6.45) is 3.29. The van der Waals surface area contributed by atoms with Gasteiger partial charge in [-0.1, -0.05) is 32.5 Å². The first-order valence-corrected chi connectivity index (χ1v) is 11.2.